The number of unbranched alkanes of at least 4 members (excludes halogenated alkanes) is 2. The molecule has 0 fully saturated rings. The maximum absolute atomic E-state index is 8.81. The van der Waals surface area contributed by atoms with E-state index in [9.17, 15) is 0 Å². The predicted octanol–water partition coefficient (Wildman–Crippen LogP) is 3.03. The maximum atomic E-state index is 8.81. The molecule has 0 saturated heterocycles. The molecule has 0 spiro atoms. The van der Waals surface area contributed by atoms with Gasteiger partial charge in [-0.2, -0.15) is 0 Å². The zero-order valence-electron chi connectivity index (χ0n) is 12.2. The Bertz CT molecular complexity index is 373. The lowest BCUT2D eigenvalue weighted by Gasteiger charge is -2.15. The third kappa shape index (κ3) is 4.08. The van der Waals surface area contributed by atoms with E-state index in [2.05, 4.69) is 29.2 Å². The normalized spacial score (nSPS) is 19.2. The summed E-state index contributed by atoms with van der Waals surface area (Å²) in [5.74, 6) is 0. The molecule has 2 rings (SSSR count). The SMILES string of the molecule is CCNC1CCCCc2cn(CCCCCO)cc21. The molecule has 1 aromatic rings. The fourth-order valence-electron chi connectivity index (χ4n) is 3.09. The number of hydrogen-bond donors (Lipinski definition) is 2. The largest absolute Gasteiger partial charge is 0.396 e. The Morgan fingerprint density at radius 1 is 1.26 bits per heavy atom. The molecule has 19 heavy (non-hydrogen) atoms. The van der Waals surface area contributed by atoms with Crippen molar-refractivity contribution < 1.29 is 5.11 Å². The standard InChI is InChI=1S/C16H28N2O/c1-2-17-16-9-5-4-8-14-12-18(13-15(14)16)10-6-3-7-11-19/h12-13,16-17,19H,2-11H2,1H3. The molecule has 0 radical (unpaired) electrons. The highest BCUT2D eigenvalue weighted by molar-refractivity contribution is 5.29. The zero-order valence-corrected chi connectivity index (χ0v) is 12.2. The zero-order chi connectivity index (χ0) is 13.5. The summed E-state index contributed by atoms with van der Waals surface area (Å²) in [6, 6.07) is 0.557. The lowest BCUT2D eigenvalue weighted by Crippen LogP contribution is -2.20. The molecule has 1 heterocycles. The van der Waals surface area contributed by atoms with Gasteiger partial charge in [-0.15, -0.1) is 0 Å². The van der Waals surface area contributed by atoms with Crippen LogP contribution in [0.5, 0.6) is 0 Å². The Morgan fingerprint density at radius 2 is 2.16 bits per heavy atom. The number of nitrogens with zero attached hydrogens (tertiary/aromatic N) is 1. The van der Waals surface area contributed by atoms with Crippen LogP contribution in [0.3, 0.4) is 0 Å². The van der Waals surface area contributed by atoms with E-state index in [1.54, 1.807) is 5.56 Å². The summed E-state index contributed by atoms with van der Waals surface area (Å²) in [5.41, 5.74) is 3.08. The van der Waals surface area contributed by atoms with Crippen molar-refractivity contribution in [2.75, 3.05) is 13.2 Å². The highest BCUT2D eigenvalue weighted by Crippen LogP contribution is 2.29. The van der Waals surface area contributed by atoms with Crippen LogP contribution in [-0.2, 0) is 13.0 Å². The minimum absolute atomic E-state index is 0.324. The van der Waals surface area contributed by atoms with Crippen molar-refractivity contribution in [1.29, 1.82) is 0 Å². The van der Waals surface area contributed by atoms with Crippen LogP contribution in [0.15, 0.2) is 12.4 Å². The smallest absolute Gasteiger partial charge is 0.0431 e. The number of aliphatic hydroxyl groups excluding tert-OH is 1. The van der Waals surface area contributed by atoms with Crippen molar-refractivity contribution in [2.24, 2.45) is 0 Å². The first-order chi connectivity index (χ1) is 9.35. The van der Waals surface area contributed by atoms with Gasteiger partial charge in [0.1, 0.15) is 0 Å². The van der Waals surface area contributed by atoms with E-state index in [-0.39, 0.29) is 0 Å². The van der Waals surface area contributed by atoms with Crippen molar-refractivity contribution in [3.05, 3.63) is 23.5 Å². The lowest BCUT2D eigenvalue weighted by atomic mass is 10.0. The summed E-state index contributed by atoms with van der Waals surface area (Å²) in [7, 11) is 0. The summed E-state index contributed by atoms with van der Waals surface area (Å²) >= 11 is 0. The van der Waals surface area contributed by atoms with Gasteiger partial charge in [-0.25, -0.2) is 0 Å². The van der Waals surface area contributed by atoms with E-state index in [1.807, 2.05) is 0 Å². The van der Waals surface area contributed by atoms with E-state index < -0.39 is 0 Å². The molecule has 1 aliphatic rings. The van der Waals surface area contributed by atoms with Crippen LogP contribution >= 0.6 is 0 Å². The Hall–Kier alpha value is -0.800. The van der Waals surface area contributed by atoms with Crippen molar-refractivity contribution in [2.45, 2.75) is 64.5 Å². The molecule has 1 aliphatic carbocycles. The number of hydrogen-bond acceptors (Lipinski definition) is 2. The molecule has 0 bridgehead atoms. The number of aryl methyl sites for hydroxylation is 2. The van der Waals surface area contributed by atoms with Gasteiger partial charge in [-0.3, -0.25) is 0 Å². The number of rotatable bonds is 7. The Morgan fingerprint density at radius 3 is 2.95 bits per heavy atom. The van der Waals surface area contributed by atoms with E-state index in [1.165, 1.54) is 37.7 Å². The van der Waals surface area contributed by atoms with Gasteiger partial charge in [0, 0.05) is 31.6 Å². The first kappa shape index (κ1) is 14.6. The van der Waals surface area contributed by atoms with Crippen LogP contribution < -0.4 is 5.32 Å². The molecule has 0 amide bonds. The predicted molar refractivity (Wildman–Crippen MR) is 79.3 cm³/mol. The summed E-state index contributed by atoms with van der Waals surface area (Å²) < 4.78 is 2.36. The van der Waals surface area contributed by atoms with Crippen molar-refractivity contribution in [3.8, 4) is 0 Å². The van der Waals surface area contributed by atoms with Gasteiger partial charge in [0.15, 0.2) is 0 Å². The summed E-state index contributed by atoms with van der Waals surface area (Å²) in [5, 5.41) is 12.4. The van der Waals surface area contributed by atoms with Gasteiger partial charge in [-0.1, -0.05) is 13.3 Å². The van der Waals surface area contributed by atoms with Crippen molar-refractivity contribution in [3.63, 3.8) is 0 Å². The average molecular weight is 264 g/mol. The van der Waals surface area contributed by atoms with Crippen molar-refractivity contribution in [1.82, 2.24) is 9.88 Å². The molecule has 1 atom stereocenters. The molecule has 0 aromatic carbocycles. The molecule has 2 N–H and O–H groups in total. The molecule has 3 nitrogen and oxygen atoms in total. The Labute approximate surface area is 117 Å². The topological polar surface area (TPSA) is 37.2 Å². The molecule has 1 aromatic heterocycles. The Kier molecular flexibility index (Phi) is 5.93. The fourth-order valence-corrected chi connectivity index (χ4v) is 3.09. The highest BCUT2D eigenvalue weighted by atomic mass is 16.2. The number of nitrogens with one attached hydrogen (secondary N) is 1. The third-order valence-electron chi connectivity index (χ3n) is 4.09. The monoisotopic (exact) mass is 264 g/mol. The first-order valence-electron chi connectivity index (χ1n) is 7.88. The number of aliphatic hydroxyl groups is 1. The second kappa shape index (κ2) is 7.71. The van der Waals surface area contributed by atoms with Gasteiger partial charge in [0.2, 0.25) is 0 Å². The molecule has 0 saturated carbocycles. The third-order valence-corrected chi connectivity index (χ3v) is 4.09. The summed E-state index contributed by atoms with van der Waals surface area (Å²) in [4.78, 5) is 0. The molecule has 3 heteroatoms. The van der Waals surface area contributed by atoms with Crippen LogP contribution in [0.2, 0.25) is 0 Å². The average Bonchev–Trinajstić information content (AvgIpc) is 2.73. The van der Waals surface area contributed by atoms with Crippen LogP contribution in [0.1, 0.15) is 62.6 Å². The van der Waals surface area contributed by atoms with Crippen LogP contribution in [0, 0.1) is 0 Å². The van der Waals surface area contributed by atoms with Gasteiger partial charge in [0.25, 0.3) is 0 Å². The number of fused-ring (bicyclic) bond motifs is 1. The molecular weight excluding hydrogens is 236 g/mol. The van der Waals surface area contributed by atoms with E-state index >= 15 is 0 Å². The van der Waals surface area contributed by atoms with Crippen LogP contribution in [0.4, 0.5) is 0 Å². The van der Waals surface area contributed by atoms with E-state index in [0.29, 0.717) is 12.6 Å². The van der Waals surface area contributed by atoms with E-state index in [0.717, 1.165) is 25.9 Å². The minimum Gasteiger partial charge on any atom is -0.396 e. The Balaban J connectivity index is 1.98. The lowest BCUT2D eigenvalue weighted by molar-refractivity contribution is 0.282. The maximum Gasteiger partial charge on any atom is 0.0431 e. The van der Waals surface area contributed by atoms with Gasteiger partial charge in [-0.05, 0) is 56.2 Å². The highest BCUT2D eigenvalue weighted by Gasteiger charge is 2.19. The molecule has 108 valence electrons. The van der Waals surface area contributed by atoms with E-state index in [4.69, 9.17) is 5.11 Å². The minimum atomic E-state index is 0.324. The molecule has 1 unspecified atom stereocenters. The van der Waals surface area contributed by atoms with Crippen LogP contribution in [-0.4, -0.2) is 22.8 Å². The van der Waals surface area contributed by atoms with Crippen LogP contribution in [0.25, 0.3) is 0 Å². The quantitative estimate of drug-likeness (QED) is 0.587. The van der Waals surface area contributed by atoms with Gasteiger partial charge in [0.05, 0.1) is 0 Å². The van der Waals surface area contributed by atoms with Crippen molar-refractivity contribution >= 4 is 0 Å². The van der Waals surface area contributed by atoms with Gasteiger partial charge >= 0.3 is 0 Å². The second-order valence-electron chi connectivity index (χ2n) is 5.62. The molecule has 0 aliphatic heterocycles. The second-order valence-corrected chi connectivity index (χ2v) is 5.62. The fraction of sp³-hybridized carbons (Fsp3) is 0.750. The van der Waals surface area contributed by atoms with Gasteiger partial charge < -0.3 is 15.0 Å². The summed E-state index contributed by atoms with van der Waals surface area (Å²) in [6.07, 6.45) is 13.1. The summed E-state index contributed by atoms with van der Waals surface area (Å²) in [6.45, 7) is 4.65. The number of aromatic nitrogens is 1. The molecular formula is C16H28N2O. The first-order valence-corrected chi connectivity index (χ1v) is 7.88.